The summed E-state index contributed by atoms with van der Waals surface area (Å²) >= 11 is 8.32. The second-order valence-electron chi connectivity index (χ2n) is 4.64. The van der Waals surface area contributed by atoms with Crippen LogP contribution in [0.3, 0.4) is 0 Å². The molecule has 5 heteroatoms. The maximum atomic E-state index is 12.3. The van der Waals surface area contributed by atoms with Crippen molar-refractivity contribution in [2.45, 2.75) is 13.8 Å². The van der Waals surface area contributed by atoms with Gasteiger partial charge in [0.05, 0.1) is 10.7 Å². The van der Waals surface area contributed by atoms with E-state index in [1.165, 1.54) is 0 Å². The van der Waals surface area contributed by atoms with E-state index in [-0.39, 0.29) is 5.91 Å². The zero-order valence-electron chi connectivity index (χ0n) is 11.8. The van der Waals surface area contributed by atoms with Gasteiger partial charge in [-0.05, 0) is 78.4 Å². The van der Waals surface area contributed by atoms with Gasteiger partial charge in [0, 0.05) is 21.4 Å². The second kappa shape index (κ2) is 7.13. The molecule has 2 rings (SSSR count). The zero-order valence-corrected chi connectivity index (χ0v) is 14.7. The number of benzene rings is 2. The topological polar surface area (TPSA) is 41.1 Å². The summed E-state index contributed by atoms with van der Waals surface area (Å²) in [4.78, 5) is 12.3. The number of amides is 1. The molecule has 0 saturated heterocycles. The quantitative estimate of drug-likeness (QED) is 0.696. The maximum absolute atomic E-state index is 12.3. The maximum Gasteiger partial charge on any atom is 0.255 e. The van der Waals surface area contributed by atoms with Crippen LogP contribution in [-0.4, -0.2) is 12.5 Å². The van der Waals surface area contributed by atoms with E-state index in [0.29, 0.717) is 16.3 Å². The largest absolute Gasteiger partial charge is 0.385 e. The fourth-order valence-electron chi connectivity index (χ4n) is 2.01. The normalized spacial score (nSPS) is 10.3. The van der Waals surface area contributed by atoms with Crippen LogP contribution in [0.4, 0.5) is 11.4 Å². The monoisotopic (exact) mass is 414 g/mol. The first kappa shape index (κ1) is 16.1. The molecule has 2 N–H and O–H groups in total. The highest BCUT2D eigenvalue weighted by Crippen LogP contribution is 2.25. The number of anilines is 2. The minimum atomic E-state index is -0.154. The van der Waals surface area contributed by atoms with E-state index >= 15 is 0 Å². The summed E-state index contributed by atoms with van der Waals surface area (Å²) < 4.78 is 1.03. The van der Waals surface area contributed by atoms with Crippen molar-refractivity contribution in [3.63, 3.8) is 0 Å². The van der Waals surface area contributed by atoms with Crippen LogP contribution in [0.2, 0.25) is 5.02 Å². The minimum absolute atomic E-state index is 0.154. The smallest absolute Gasteiger partial charge is 0.255 e. The van der Waals surface area contributed by atoms with Crippen LogP contribution in [0.1, 0.15) is 22.8 Å². The molecule has 0 fully saturated rings. The Kier molecular flexibility index (Phi) is 5.47. The first-order chi connectivity index (χ1) is 10.0. The predicted molar refractivity (Wildman–Crippen MR) is 97.5 cm³/mol. The summed E-state index contributed by atoms with van der Waals surface area (Å²) in [5.41, 5.74) is 3.20. The van der Waals surface area contributed by atoms with E-state index in [1.807, 2.05) is 50.2 Å². The molecular weight excluding hydrogens is 399 g/mol. The fraction of sp³-hybridized carbons (Fsp3) is 0.188. The Balaban J connectivity index is 2.20. The standard InChI is InChI=1S/C16H16ClIN2O/c1-3-19-12-5-6-13(10(2)8-12)16(21)20-15-7-4-11(18)9-14(15)17/h4-9,19H,3H2,1-2H3,(H,20,21). The zero-order chi connectivity index (χ0) is 15.4. The van der Waals surface area contributed by atoms with Gasteiger partial charge in [-0.1, -0.05) is 11.6 Å². The van der Waals surface area contributed by atoms with Gasteiger partial charge >= 0.3 is 0 Å². The Morgan fingerprint density at radius 1 is 1.24 bits per heavy atom. The number of carbonyl (C=O) groups excluding carboxylic acids is 1. The summed E-state index contributed by atoms with van der Waals surface area (Å²) in [6.45, 7) is 4.81. The van der Waals surface area contributed by atoms with Gasteiger partial charge in [0.1, 0.15) is 0 Å². The highest BCUT2D eigenvalue weighted by molar-refractivity contribution is 14.1. The van der Waals surface area contributed by atoms with Crippen molar-refractivity contribution in [3.05, 3.63) is 56.1 Å². The van der Waals surface area contributed by atoms with Crippen molar-refractivity contribution in [1.82, 2.24) is 0 Å². The molecule has 110 valence electrons. The average molecular weight is 415 g/mol. The van der Waals surface area contributed by atoms with E-state index in [1.54, 1.807) is 0 Å². The number of aryl methyl sites for hydroxylation is 1. The van der Waals surface area contributed by atoms with Crippen LogP contribution in [-0.2, 0) is 0 Å². The lowest BCUT2D eigenvalue weighted by atomic mass is 10.1. The SMILES string of the molecule is CCNc1ccc(C(=O)Nc2ccc(I)cc2Cl)c(C)c1. The molecule has 0 spiro atoms. The Morgan fingerprint density at radius 2 is 2.00 bits per heavy atom. The third kappa shape index (κ3) is 4.11. The van der Waals surface area contributed by atoms with E-state index in [2.05, 4.69) is 33.2 Å². The molecule has 0 heterocycles. The summed E-state index contributed by atoms with van der Waals surface area (Å²) in [5, 5.41) is 6.62. The first-order valence-electron chi connectivity index (χ1n) is 6.62. The summed E-state index contributed by atoms with van der Waals surface area (Å²) in [6.07, 6.45) is 0. The summed E-state index contributed by atoms with van der Waals surface area (Å²) in [7, 11) is 0. The van der Waals surface area contributed by atoms with Gasteiger partial charge in [0.2, 0.25) is 0 Å². The van der Waals surface area contributed by atoms with Gasteiger partial charge in [-0.3, -0.25) is 4.79 Å². The number of halogens is 2. The number of rotatable bonds is 4. The molecule has 0 atom stereocenters. The van der Waals surface area contributed by atoms with Gasteiger partial charge in [0.25, 0.3) is 5.91 Å². The van der Waals surface area contributed by atoms with Crippen molar-refractivity contribution in [1.29, 1.82) is 0 Å². The molecule has 0 radical (unpaired) electrons. The van der Waals surface area contributed by atoms with E-state index < -0.39 is 0 Å². The second-order valence-corrected chi connectivity index (χ2v) is 6.29. The lowest BCUT2D eigenvalue weighted by Crippen LogP contribution is -2.14. The van der Waals surface area contributed by atoms with Crippen LogP contribution in [0.25, 0.3) is 0 Å². The molecule has 0 aromatic heterocycles. The molecule has 0 unspecified atom stereocenters. The third-order valence-corrected chi connectivity index (χ3v) is 4.01. The van der Waals surface area contributed by atoms with Gasteiger partial charge in [-0.2, -0.15) is 0 Å². The van der Waals surface area contributed by atoms with Crippen molar-refractivity contribution in [2.75, 3.05) is 17.2 Å². The molecule has 2 aromatic rings. The van der Waals surface area contributed by atoms with Crippen molar-refractivity contribution < 1.29 is 4.79 Å². The highest BCUT2D eigenvalue weighted by Gasteiger charge is 2.11. The van der Waals surface area contributed by atoms with Crippen LogP contribution >= 0.6 is 34.2 Å². The lowest BCUT2D eigenvalue weighted by Gasteiger charge is -2.11. The Morgan fingerprint density at radius 3 is 2.62 bits per heavy atom. The molecule has 0 aliphatic heterocycles. The molecule has 0 aliphatic carbocycles. The Hall–Kier alpha value is -1.27. The van der Waals surface area contributed by atoms with Crippen LogP contribution in [0, 0.1) is 10.5 Å². The molecular formula is C16H16ClIN2O. The number of carbonyl (C=O) groups is 1. The first-order valence-corrected chi connectivity index (χ1v) is 8.08. The van der Waals surface area contributed by atoms with E-state index in [9.17, 15) is 4.79 Å². The molecule has 0 saturated carbocycles. The van der Waals surface area contributed by atoms with Crippen LogP contribution < -0.4 is 10.6 Å². The lowest BCUT2D eigenvalue weighted by molar-refractivity contribution is 0.102. The fourth-order valence-corrected chi connectivity index (χ4v) is 2.92. The molecule has 0 aliphatic rings. The Bertz CT molecular complexity index is 673. The summed E-state index contributed by atoms with van der Waals surface area (Å²) in [6, 6.07) is 11.2. The minimum Gasteiger partial charge on any atom is -0.385 e. The van der Waals surface area contributed by atoms with Gasteiger partial charge in [-0.15, -0.1) is 0 Å². The number of hydrogen-bond donors (Lipinski definition) is 2. The number of nitrogens with one attached hydrogen (secondary N) is 2. The molecule has 0 bridgehead atoms. The van der Waals surface area contributed by atoms with Crippen LogP contribution in [0.5, 0.6) is 0 Å². The molecule has 2 aromatic carbocycles. The van der Waals surface area contributed by atoms with Gasteiger partial charge in [0.15, 0.2) is 0 Å². The third-order valence-electron chi connectivity index (χ3n) is 3.03. The van der Waals surface area contributed by atoms with E-state index in [4.69, 9.17) is 11.6 Å². The number of hydrogen-bond acceptors (Lipinski definition) is 2. The summed E-state index contributed by atoms with van der Waals surface area (Å²) in [5.74, 6) is -0.154. The molecule has 1 amide bonds. The van der Waals surface area contributed by atoms with Crippen molar-refractivity contribution in [3.8, 4) is 0 Å². The van der Waals surface area contributed by atoms with Crippen molar-refractivity contribution in [2.24, 2.45) is 0 Å². The Labute approximate surface area is 143 Å². The van der Waals surface area contributed by atoms with Crippen LogP contribution in [0.15, 0.2) is 36.4 Å². The molecule has 21 heavy (non-hydrogen) atoms. The van der Waals surface area contributed by atoms with Gasteiger partial charge < -0.3 is 10.6 Å². The predicted octanol–water partition coefficient (Wildman–Crippen LogP) is 4.94. The average Bonchev–Trinajstić information content (AvgIpc) is 2.42. The van der Waals surface area contributed by atoms with E-state index in [0.717, 1.165) is 21.4 Å². The van der Waals surface area contributed by atoms with Crippen molar-refractivity contribution >= 4 is 51.5 Å². The highest BCUT2D eigenvalue weighted by atomic mass is 127. The molecule has 3 nitrogen and oxygen atoms in total. The van der Waals surface area contributed by atoms with Gasteiger partial charge in [-0.25, -0.2) is 0 Å².